The Kier molecular flexibility index (Phi) is 5.36. The van der Waals surface area contributed by atoms with Crippen LogP contribution in [-0.4, -0.2) is 21.0 Å². The van der Waals surface area contributed by atoms with Gasteiger partial charge in [-0.3, -0.25) is 0 Å². The third-order valence-corrected chi connectivity index (χ3v) is 7.33. The number of allylic oxidation sites excluding steroid dienone is 6. The van der Waals surface area contributed by atoms with E-state index in [0.29, 0.717) is 17.6 Å². The molecule has 0 saturated carbocycles. The van der Waals surface area contributed by atoms with Gasteiger partial charge in [0.25, 0.3) is 0 Å². The Labute approximate surface area is 217 Å². The van der Waals surface area contributed by atoms with Crippen LogP contribution in [0.5, 0.6) is 0 Å². The number of hydrogen-bond acceptors (Lipinski definition) is 4. The topological polar surface area (TPSA) is 41.9 Å². The van der Waals surface area contributed by atoms with Gasteiger partial charge in [0.15, 0.2) is 17.5 Å². The van der Waals surface area contributed by atoms with Gasteiger partial charge in [0.2, 0.25) is 0 Å². The number of fused-ring (bicyclic) bond motifs is 3. The zero-order valence-electron chi connectivity index (χ0n) is 20.4. The lowest BCUT2D eigenvalue weighted by Crippen LogP contribution is -2.28. The molecule has 3 aromatic carbocycles. The quantitative estimate of drug-likeness (QED) is 0.302. The Morgan fingerprint density at radius 1 is 0.649 bits per heavy atom. The van der Waals surface area contributed by atoms with E-state index in [9.17, 15) is 0 Å². The molecular weight excluding hydrogens is 452 g/mol. The van der Waals surface area contributed by atoms with Crippen molar-refractivity contribution in [3.8, 4) is 22.8 Å². The second kappa shape index (κ2) is 9.14. The number of benzene rings is 3. The molecule has 4 heteroatoms. The maximum atomic E-state index is 4.92. The summed E-state index contributed by atoms with van der Waals surface area (Å²) in [4.78, 5) is 17.1. The maximum Gasteiger partial charge on any atom is 0.164 e. The van der Waals surface area contributed by atoms with Gasteiger partial charge in [-0.05, 0) is 54.3 Å². The van der Waals surface area contributed by atoms with Crippen LogP contribution in [0.1, 0.15) is 30.1 Å². The van der Waals surface area contributed by atoms with Crippen molar-refractivity contribution < 1.29 is 0 Å². The molecule has 0 radical (unpaired) electrons. The van der Waals surface area contributed by atoms with E-state index in [2.05, 4.69) is 108 Å². The number of hydrogen-bond donors (Lipinski definition) is 0. The lowest BCUT2D eigenvalue weighted by atomic mass is 9.91. The monoisotopic (exact) mass is 478 g/mol. The van der Waals surface area contributed by atoms with Crippen LogP contribution in [0.3, 0.4) is 0 Å². The lowest BCUT2D eigenvalue weighted by Gasteiger charge is -2.28. The summed E-state index contributed by atoms with van der Waals surface area (Å²) < 4.78 is 0. The van der Waals surface area contributed by atoms with E-state index in [-0.39, 0.29) is 6.04 Å². The minimum absolute atomic E-state index is 0.285. The Hall–Kier alpha value is -4.57. The van der Waals surface area contributed by atoms with Gasteiger partial charge in [-0.2, -0.15) is 0 Å². The van der Waals surface area contributed by atoms with Crippen LogP contribution in [0.4, 0.5) is 11.4 Å². The molecule has 3 aliphatic rings. The molecule has 37 heavy (non-hydrogen) atoms. The molecule has 0 saturated heterocycles. The molecule has 2 aliphatic carbocycles. The molecule has 0 bridgehead atoms. The highest BCUT2D eigenvalue weighted by Gasteiger charge is 2.36. The highest BCUT2D eigenvalue weighted by molar-refractivity contribution is 5.77. The summed E-state index contributed by atoms with van der Waals surface area (Å²) in [7, 11) is 0. The van der Waals surface area contributed by atoms with E-state index in [1.54, 1.807) is 0 Å². The summed E-state index contributed by atoms with van der Waals surface area (Å²) in [6.45, 7) is 0. The second-order valence-corrected chi connectivity index (χ2v) is 9.59. The molecule has 2 heterocycles. The van der Waals surface area contributed by atoms with Crippen molar-refractivity contribution in [1.29, 1.82) is 0 Å². The van der Waals surface area contributed by atoms with Gasteiger partial charge in [0.1, 0.15) is 0 Å². The van der Waals surface area contributed by atoms with Crippen LogP contribution in [0.25, 0.3) is 28.3 Å². The molecule has 7 rings (SSSR count). The summed E-state index contributed by atoms with van der Waals surface area (Å²) in [5, 5.41) is 0. The first-order valence-corrected chi connectivity index (χ1v) is 12.9. The van der Waals surface area contributed by atoms with E-state index in [0.717, 1.165) is 35.4 Å². The Morgan fingerprint density at radius 2 is 1.35 bits per heavy atom. The van der Waals surface area contributed by atoms with Crippen molar-refractivity contribution >= 4 is 16.9 Å². The fourth-order valence-electron chi connectivity index (χ4n) is 5.52. The first kappa shape index (κ1) is 21.7. The zero-order valence-corrected chi connectivity index (χ0v) is 20.4. The number of anilines is 2. The third kappa shape index (κ3) is 3.91. The Morgan fingerprint density at radius 3 is 2.14 bits per heavy atom. The predicted octanol–water partition coefficient (Wildman–Crippen LogP) is 7.67. The van der Waals surface area contributed by atoms with E-state index >= 15 is 0 Å². The summed E-state index contributed by atoms with van der Waals surface area (Å²) in [6, 6.07) is 27.8. The Bertz CT molecular complexity index is 1580. The van der Waals surface area contributed by atoms with Crippen LogP contribution in [0.15, 0.2) is 121 Å². The standard InChI is InChI=1S/C33H26N4/c1-3-11-23(12-4-1)31-34-32(24-13-5-2-6-14-24)36-33(35-31)25-19-21-26(22-20-25)37-29-17-9-7-15-27(29)28-16-8-10-18-30(28)37/h1-5,7-13,15-22,27,29H,6,14H2. The summed E-state index contributed by atoms with van der Waals surface area (Å²) in [6.07, 6.45) is 17.3. The van der Waals surface area contributed by atoms with Gasteiger partial charge in [0.05, 0.1) is 6.04 Å². The maximum absolute atomic E-state index is 4.92. The molecule has 4 aromatic rings. The SMILES string of the molecule is C1=CCCC(c2nc(-c3ccccc3)nc(-c3ccc(N4c5ccccc5C5C=CC=CC54)cc3)n2)=C1. The van der Waals surface area contributed by atoms with Crippen molar-refractivity contribution in [2.24, 2.45) is 0 Å². The van der Waals surface area contributed by atoms with Gasteiger partial charge in [-0.1, -0.05) is 91.1 Å². The van der Waals surface area contributed by atoms with Gasteiger partial charge in [-0.15, -0.1) is 0 Å². The normalized spacial score (nSPS) is 19.5. The molecule has 4 nitrogen and oxygen atoms in total. The number of nitrogens with zero attached hydrogens (tertiary/aromatic N) is 4. The van der Waals surface area contributed by atoms with E-state index in [1.807, 2.05) is 18.2 Å². The van der Waals surface area contributed by atoms with Crippen LogP contribution < -0.4 is 4.90 Å². The van der Waals surface area contributed by atoms with E-state index < -0.39 is 0 Å². The summed E-state index contributed by atoms with van der Waals surface area (Å²) in [5.74, 6) is 2.53. The molecule has 1 aliphatic heterocycles. The molecule has 2 atom stereocenters. The summed E-state index contributed by atoms with van der Waals surface area (Å²) in [5.41, 5.74) is 6.94. The van der Waals surface area contributed by atoms with Crippen LogP contribution in [0.2, 0.25) is 0 Å². The molecule has 0 spiro atoms. The van der Waals surface area contributed by atoms with Gasteiger partial charge in [0, 0.05) is 28.4 Å². The first-order valence-electron chi connectivity index (χ1n) is 12.9. The van der Waals surface area contributed by atoms with Crippen LogP contribution >= 0.6 is 0 Å². The number of rotatable bonds is 4. The van der Waals surface area contributed by atoms with Crippen molar-refractivity contribution in [1.82, 2.24) is 15.0 Å². The van der Waals surface area contributed by atoms with Crippen molar-refractivity contribution in [3.63, 3.8) is 0 Å². The number of aromatic nitrogens is 3. The minimum Gasteiger partial charge on any atom is -0.333 e. The highest BCUT2D eigenvalue weighted by Crippen LogP contribution is 2.47. The van der Waals surface area contributed by atoms with Gasteiger partial charge >= 0.3 is 0 Å². The fourth-order valence-corrected chi connectivity index (χ4v) is 5.52. The highest BCUT2D eigenvalue weighted by atomic mass is 15.2. The molecule has 0 N–H and O–H groups in total. The van der Waals surface area contributed by atoms with Crippen LogP contribution in [0, 0.1) is 0 Å². The minimum atomic E-state index is 0.285. The van der Waals surface area contributed by atoms with E-state index in [4.69, 9.17) is 15.0 Å². The van der Waals surface area contributed by atoms with Crippen LogP contribution in [-0.2, 0) is 0 Å². The lowest BCUT2D eigenvalue weighted by molar-refractivity contribution is 0.745. The molecular formula is C33H26N4. The van der Waals surface area contributed by atoms with E-state index in [1.165, 1.54) is 16.9 Å². The smallest absolute Gasteiger partial charge is 0.164 e. The van der Waals surface area contributed by atoms with Gasteiger partial charge < -0.3 is 4.90 Å². The molecule has 2 unspecified atom stereocenters. The number of para-hydroxylation sites is 1. The van der Waals surface area contributed by atoms with Crippen molar-refractivity contribution in [2.75, 3.05) is 4.90 Å². The fraction of sp³-hybridized carbons (Fsp3) is 0.121. The average molecular weight is 479 g/mol. The average Bonchev–Trinajstić information content (AvgIpc) is 3.32. The zero-order chi connectivity index (χ0) is 24.6. The molecule has 178 valence electrons. The second-order valence-electron chi connectivity index (χ2n) is 9.59. The largest absolute Gasteiger partial charge is 0.333 e. The molecule has 1 aromatic heterocycles. The van der Waals surface area contributed by atoms with Gasteiger partial charge in [-0.25, -0.2) is 15.0 Å². The predicted molar refractivity (Wildman–Crippen MR) is 150 cm³/mol. The van der Waals surface area contributed by atoms with Crippen molar-refractivity contribution in [3.05, 3.63) is 133 Å². The summed E-state index contributed by atoms with van der Waals surface area (Å²) >= 11 is 0. The molecule has 0 fully saturated rings. The van der Waals surface area contributed by atoms with Crippen molar-refractivity contribution in [2.45, 2.75) is 24.8 Å². The molecule has 0 amide bonds. The first-order chi connectivity index (χ1) is 18.3. The Balaban J connectivity index is 1.29. The third-order valence-electron chi connectivity index (χ3n) is 7.33.